The van der Waals surface area contributed by atoms with Crippen molar-refractivity contribution in [2.45, 2.75) is 31.9 Å². The average Bonchev–Trinajstić information content (AvgIpc) is 2.44. The molecule has 1 unspecified atom stereocenters. The lowest BCUT2D eigenvalue weighted by Crippen LogP contribution is -2.47. The topological polar surface area (TPSA) is 70.0 Å². The first kappa shape index (κ1) is 15.6. The molecule has 2 N–H and O–H groups in total. The van der Waals surface area contributed by atoms with Gasteiger partial charge < -0.3 is 15.1 Å². The van der Waals surface area contributed by atoms with E-state index in [1.165, 1.54) is 7.11 Å². The van der Waals surface area contributed by atoms with E-state index in [9.17, 15) is 15.1 Å². The third kappa shape index (κ3) is 4.02. The Labute approximate surface area is 113 Å². The van der Waals surface area contributed by atoms with E-state index < -0.39 is 17.6 Å². The number of nitrogens with zero attached hydrogens (tertiary/aromatic N) is 1. The van der Waals surface area contributed by atoms with Gasteiger partial charge in [0.25, 0.3) is 0 Å². The van der Waals surface area contributed by atoms with Crippen molar-refractivity contribution < 1.29 is 19.8 Å². The number of ether oxygens (including phenoxy) is 1. The van der Waals surface area contributed by atoms with Gasteiger partial charge in [-0.15, -0.1) is 0 Å². The molecule has 1 aromatic carbocycles. The first-order chi connectivity index (χ1) is 8.89. The minimum absolute atomic E-state index is 0.0674. The Morgan fingerprint density at radius 1 is 1.37 bits per heavy atom. The molecule has 1 atom stereocenters. The molecule has 0 spiro atoms. The maximum absolute atomic E-state index is 11.1. The molecule has 0 aromatic heterocycles. The Morgan fingerprint density at radius 3 is 2.47 bits per heavy atom. The molecule has 0 aliphatic rings. The molecule has 0 aliphatic carbocycles. The number of hydrogen-bond acceptors (Lipinski definition) is 5. The minimum atomic E-state index is -0.907. The molecule has 19 heavy (non-hydrogen) atoms. The summed E-state index contributed by atoms with van der Waals surface area (Å²) in [7, 11) is 1.30. The molecule has 0 radical (unpaired) electrons. The van der Waals surface area contributed by atoms with Crippen LogP contribution in [0, 0.1) is 0 Å². The molecule has 0 fully saturated rings. The molecule has 0 saturated heterocycles. The average molecular weight is 267 g/mol. The van der Waals surface area contributed by atoms with Crippen molar-refractivity contribution in [3.05, 3.63) is 35.9 Å². The second-order valence-corrected chi connectivity index (χ2v) is 4.92. The van der Waals surface area contributed by atoms with E-state index in [1.54, 1.807) is 26.0 Å². The van der Waals surface area contributed by atoms with Gasteiger partial charge in [-0.25, -0.2) is 0 Å². The lowest BCUT2D eigenvalue weighted by Gasteiger charge is -2.37. The summed E-state index contributed by atoms with van der Waals surface area (Å²) in [5.41, 5.74) is -0.195. The van der Waals surface area contributed by atoms with Gasteiger partial charge in [0, 0.05) is 6.54 Å². The number of rotatable bonds is 6. The summed E-state index contributed by atoms with van der Waals surface area (Å²) >= 11 is 0. The predicted molar refractivity (Wildman–Crippen MR) is 70.6 cm³/mol. The first-order valence-electron chi connectivity index (χ1n) is 6.16. The molecule has 5 heteroatoms. The monoisotopic (exact) mass is 267 g/mol. The molecule has 5 nitrogen and oxygen atoms in total. The van der Waals surface area contributed by atoms with Gasteiger partial charge in [0.15, 0.2) is 0 Å². The number of carbonyl (C=O) groups excluding carboxylic acids is 1. The molecule has 0 amide bonds. The van der Waals surface area contributed by atoms with Crippen LogP contribution in [0.3, 0.4) is 0 Å². The number of benzene rings is 1. The Kier molecular flexibility index (Phi) is 5.47. The number of hydroxylamine groups is 2. The SMILES string of the molecule is COC(=O)CCN(O)C(C)(C)C(O)c1ccccc1. The van der Waals surface area contributed by atoms with Gasteiger partial charge >= 0.3 is 5.97 Å². The Balaban J connectivity index is 2.70. The van der Waals surface area contributed by atoms with Crippen molar-refractivity contribution in [3.8, 4) is 0 Å². The second kappa shape index (κ2) is 6.65. The maximum atomic E-state index is 11.1. The van der Waals surface area contributed by atoms with Gasteiger partial charge in [-0.3, -0.25) is 4.79 Å². The number of aliphatic hydroxyl groups is 1. The van der Waals surface area contributed by atoms with Crippen molar-refractivity contribution in [1.29, 1.82) is 0 Å². The normalized spacial score (nSPS) is 13.4. The summed E-state index contributed by atoms with van der Waals surface area (Å²) < 4.78 is 4.52. The quantitative estimate of drug-likeness (QED) is 0.607. The highest BCUT2D eigenvalue weighted by Gasteiger charge is 2.35. The van der Waals surface area contributed by atoms with Crippen molar-refractivity contribution in [2.24, 2.45) is 0 Å². The van der Waals surface area contributed by atoms with Crippen molar-refractivity contribution in [1.82, 2.24) is 5.06 Å². The smallest absolute Gasteiger partial charge is 0.306 e. The standard InChI is InChI=1S/C14H21NO4/c1-14(2,15(18)10-9-12(16)19-3)13(17)11-7-5-4-6-8-11/h4-8,13,17-18H,9-10H2,1-3H3. The fraction of sp³-hybridized carbons (Fsp3) is 0.500. The Bertz CT molecular complexity index is 405. The molecule has 1 rings (SSSR count). The van der Waals surface area contributed by atoms with Crippen molar-refractivity contribution >= 4 is 5.97 Å². The van der Waals surface area contributed by atoms with Gasteiger partial charge in [-0.05, 0) is 19.4 Å². The number of carbonyl (C=O) groups is 1. The third-order valence-corrected chi connectivity index (χ3v) is 3.21. The minimum Gasteiger partial charge on any atom is -0.469 e. The van der Waals surface area contributed by atoms with Crippen LogP contribution in [0.2, 0.25) is 0 Å². The van der Waals surface area contributed by atoms with Crippen LogP contribution in [-0.2, 0) is 9.53 Å². The molecule has 1 aromatic rings. The van der Waals surface area contributed by atoms with Crippen molar-refractivity contribution in [3.63, 3.8) is 0 Å². The molecule has 106 valence electrons. The summed E-state index contributed by atoms with van der Waals surface area (Å²) in [4.78, 5) is 11.1. The highest BCUT2D eigenvalue weighted by Crippen LogP contribution is 2.29. The third-order valence-electron chi connectivity index (χ3n) is 3.21. The zero-order valence-electron chi connectivity index (χ0n) is 11.5. The van der Waals surface area contributed by atoms with Crippen LogP contribution in [0.4, 0.5) is 0 Å². The fourth-order valence-electron chi connectivity index (χ4n) is 1.77. The number of methoxy groups -OCH3 is 1. The highest BCUT2D eigenvalue weighted by molar-refractivity contribution is 5.69. The largest absolute Gasteiger partial charge is 0.469 e. The van der Waals surface area contributed by atoms with E-state index in [0.29, 0.717) is 5.56 Å². The predicted octanol–water partition coefficient (Wildman–Crippen LogP) is 1.75. The van der Waals surface area contributed by atoms with Crippen LogP contribution >= 0.6 is 0 Å². The number of hydrogen-bond donors (Lipinski definition) is 2. The number of esters is 1. The fourth-order valence-corrected chi connectivity index (χ4v) is 1.77. The second-order valence-electron chi connectivity index (χ2n) is 4.92. The molecule has 0 bridgehead atoms. The lowest BCUT2D eigenvalue weighted by molar-refractivity contribution is -0.198. The molecule has 0 aliphatic heterocycles. The molecular weight excluding hydrogens is 246 g/mol. The Hall–Kier alpha value is -1.43. The summed E-state index contributed by atoms with van der Waals surface area (Å²) in [5.74, 6) is -0.399. The van der Waals surface area contributed by atoms with Crippen LogP contribution < -0.4 is 0 Å². The van der Waals surface area contributed by atoms with Crippen LogP contribution in [0.1, 0.15) is 31.9 Å². The van der Waals surface area contributed by atoms with Crippen molar-refractivity contribution in [2.75, 3.05) is 13.7 Å². The Morgan fingerprint density at radius 2 is 1.95 bits per heavy atom. The lowest BCUT2D eigenvalue weighted by atomic mass is 9.91. The van der Waals surface area contributed by atoms with Crippen LogP contribution in [0.15, 0.2) is 30.3 Å². The van der Waals surface area contributed by atoms with Gasteiger partial charge in [0.1, 0.15) is 0 Å². The van der Waals surface area contributed by atoms with Gasteiger partial charge in [-0.1, -0.05) is 30.3 Å². The van der Waals surface area contributed by atoms with Gasteiger partial charge in [-0.2, -0.15) is 5.06 Å². The summed E-state index contributed by atoms with van der Waals surface area (Å²) in [6.45, 7) is 3.52. The van der Waals surface area contributed by atoms with E-state index >= 15 is 0 Å². The molecular formula is C14H21NO4. The van der Waals surface area contributed by atoms with E-state index in [4.69, 9.17) is 0 Å². The van der Waals surface area contributed by atoms with Crippen LogP contribution in [-0.4, -0.2) is 40.5 Å². The van der Waals surface area contributed by atoms with E-state index in [2.05, 4.69) is 4.74 Å². The van der Waals surface area contributed by atoms with E-state index in [1.807, 2.05) is 18.2 Å². The van der Waals surface area contributed by atoms with E-state index in [0.717, 1.165) is 5.06 Å². The zero-order valence-corrected chi connectivity index (χ0v) is 11.5. The van der Waals surface area contributed by atoms with Gasteiger partial charge in [0.2, 0.25) is 0 Å². The van der Waals surface area contributed by atoms with Gasteiger partial charge in [0.05, 0.1) is 25.2 Å². The summed E-state index contributed by atoms with van der Waals surface area (Å²) in [6.07, 6.45) is -0.797. The number of aliphatic hydroxyl groups excluding tert-OH is 1. The molecule has 0 heterocycles. The highest BCUT2D eigenvalue weighted by atomic mass is 16.5. The summed E-state index contributed by atoms with van der Waals surface area (Å²) in [6, 6.07) is 9.09. The zero-order chi connectivity index (χ0) is 14.5. The first-order valence-corrected chi connectivity index (χ1v) is 6.16. The summed E-state index contributed by atoms with van der Waals surface area (Å²) in [5, 5.41) is 21.3. The maximum Gasteiger partial charge on any atom is 0.306 e. The molecule has 0 saturated carbocycles. The van der Waals surface area contributed by atoms with Crippen LogP contribution in [0.25, 0.3) is 0 Å². The van der Waals surface area contributed by atoms with Crippen LogP contribution in [0.5, 0.6) is 0 Å². The van der Waals surface area contributed by atoms with E-state index in [-0.39, 0.29) is 13.0 Å².